The first-order valence-corrected chi connectivity index (χ1v) is 4.35. The van der Waals surface area contributed by atoms with Crippen LogP contribution in [0.5, 0.6) is 0 Å². The predicted molar refractivity (Wildman–Crippen MR) is 46.6 cm³/mol. The maximum absolute atomic E-state index is 3.15. The van der Waals surface area contributed by atoms with Gasteiger partial charge in [0.25, 0.3) is 0 Å². The molecule has 0 fully saturated rings. The molecule has 8 heavy (non-hydrogen) atoms. The van der Waals surface area contributed by atoms with E-state index in [4.69, 9.17) is 0 Å². The van der Waals surface area contributed by atoms with Gasteiger partial charge >= 0.3 is 0 Å². The molecule has 0 saturated heterocycles. The van der Waals surface area contributed by atoms with Crippen molar-refractivity contribution in [2.45, 2.75) is 13.8 Å². The number of rotatable bonds is 3. The fraction of sp³-hybridized carbons (Fsp3) is 1.00. The molecule has 0 aromatic rings. The molecule has 0 atom stereocenters. The average molecular weight is 227 g/mol. The van der Waals surface area contributed by atoms with Gasteiger partial charge in [-0.15, -0.1) is 0 Å². The normalized spacial score (nSPS) is 12.0. The lowest BCUT2D eigenvalue weighted by Crippen LogP contribution is -2.27. The van der Waals surface area contributed by atoms with Crippen LogP contribution in [0.25, 0.3) is 0 Å². The van der Waals surface area contributed by atoms with Crippen LogP contribution in [0, 0.1) is 5.41 Å². The highest BCUT2D eigenvalue weighted by atomic mass is 127. The van der Waals surface area contributed by atoms with Gasteiger partial charge in [-0.25, -0.2) is 0 Å². The Labute approximate surface area is 65.4 Å². The van der Waals surface area contributed by atoms with Gasteiger partial charge in [0, 0.05) is 11.0 Å². The highest BCUT2D eigenvalue weighted by molar-refractivity contribution is 14.1. The van der Waals surface area contributed by atoms with Crippen molar-refractivity contribution in [3.63, 3.8) is 0 Å². The van der Waals surface area contributed by atoms with E-state index in [0.29, 0.717) is 5.41 Å². The summed E-state index contributed by atoms with van der Waals surface area (Å²) in [5.74, 6) is 0. The molecule has 0 radical (unpaired) electrons. The monoisotopic (exact) mass is 227 g/mol. The molecule has 0 rings (SSSR count). The van der Waals surface area contributed by atoms with E-state index in [-0.39, 0.29) is 0 Å². The topological polar surface area (TPSA) is 12.0 Å². The summed E-state index contributed by atoms with van der Waals surface area (Å²) in [6.45, 7) is 5.63. The zero-order chi connectivity index (χ0) is 6.62. The smallest absolute Gasteiger partial charge is 0.00588 e. The summed E-state index contributed by atoms with van der Waals surface area (Å²) in [4.78, 5) is 0. The van der Waals surface area contributed by atoms with Gasteiger partial charge in [0.05, 0.1) is 0 Å². The average Bonchev–Trinajstić information content (AvgIpc) is 1.67. The molecule has 1 nitrogen and oxygen atoms in total. The summed E-state index contributed by atoms with van der Waals surface area (Å²) in [5.41, 5.74) is 0.468. The molecular weight excluding hydrogens is 213 g/mol. The summed E-state index contributed by atoms with van der Waals surface area (Å²) >= 11 is 2.41. The maximum atomic E-state index is 3.15. The van der Waals surface area contributed by atoms with Crippen LogP contribution < -0.4 is 5.32 Å². The van der Waals surface area contributed by atoms with Crippen LogP contribution in [-0.4, -0.2) is 18.0 Å². The molecule has 0 heterocycles. The fourth-order valence-electron chi connectivity index (χ4n) is 0.526. The van der Waals surface area contributed by atoms with E-state index >= 15 is 0 Å². The molecule has 1 N–H and O–H groups in total. The quantitative estimate of drug-likeness (QED) is 0.571. The SMILES string of the molecule is CNCC(C)(C)CI. The van der Waals surface area contributed by atoms with Crippen LogP contribution in [-0.2, 0) is 0 Å². The first kappa shape index (κ1) is 8.69. The summed E-state index contributed by atoms with van der Waals surface area (Å²) in [5, 5.41) is 3.15. The molecule has 0 saturated carbocycles. The third-order valence-electron chi connectivity index (χ3n) is 1.02. The molecule has 0 amide bonds. The Morgan fingerprint density at radius 1 is 1.50 bits per heavy atom. The Kier molecular flexibility index (Phi) is 3.98. The first-order valence-electron chi connectivity index (χ1n) is 2.83. The van der Waals surface area contributed by atoms with Crippen molar-refractivity contribution in [3.8, 4) is 0 Å². The van der Waals surface area contributed by atoms with E-state index in [1.54, 1.807) is 0 Å². The van der Waals surface area contributed by atoms with Crippen molar-refractivity contribution >= 4 is 22.6 Å². The van der Waals surface area contributed by atoms with E-state index < -0.39 is 0 Å². The maximum Gasteiger partial charge on any atom is 0.00588 e. The molecule has 0 aromatic heterocycles. The molecule has 0 aromatic carbocycles. The van der Waals surface area contributed by atoms with Gasteiger partial charge < -0.3 is 5.32 Å². The van der Waals surface area contributed by atoms with E-state index in [2.05, 4.69) is 41.8 Å². The third-order valence-corrected chi connectivity index (χ3v) is 3.08. The van der Waals surface area contributed by atoms with Crippen molar-refractivity contribution < 1.29 is 0 Å². The number of hydrogen-bond acceptors (Lipinski definition) is 1. The summed E-state index contributed by atoms with van der Waals surface area (Å²) in [6.07, 6.45) is 0. The van der Waals surface area contributed by atoms with Crippen LogP contribution >= 0.6 is 22.6 Å². The molecule has 2 heteroatoms. The third kappa shape index (κ3) is 3.66. The van der Waals surface area contributed by atoms with Gasteiger partial charge in [-0.1, -0.05) is 36.4 Å². The van der Waals surface area contributed by atoms with Crippen LogP contribution in [0.3, 0.4) is 0 Å². The number of nitrogens with one attached hydrogen (secondary N) is 1. The lowest BCUT2D eigenvalue weighted by atomic mass is 9.97. The van der Waals surface area contributed by atoms with Gasteiger partial charge in [-0.05, 0) is 12.5 Å². The molecule has 50 valence electrons. The van der Waals surface area contributed by atoms with Crippen LogP contribution in [0.15, 0.2) is 0 Å². The molecule has 0 aliphatic heterocycles. The van der Waals surface area contributed by atoms with Crippen molar-refractivity contribution in [3.05, 3.63) is 0 Å². The van der Waals surface area contributed by atoms with Crippen molar-refractivity contribution in [1.82, 2.24) is 5.32 Å². The van der Waals surface area contributed by atoms with Crippen molar-refractivity contribution in [1.29, 1.82) is 0 Å². The molecule has 0 aliphatic carbocycles. The van der Waals surface area contributed by atoms with Gasteiger partial charge in [-0.3, -0.25) is 0 Å². The number of hydrogen-bond donors (Lipinski definition) is 1. The summed E-state index contributed by atoms with van der Waals surface area (Å²) < 4.78 is 1.21. The van der Waals surface area contributed by atoms with Gasteiger partial charge in [0.2, 0.25) is 0 Å². The lowest BCUT2D eigenvalue weighted by Gasteiger charge is -2.20. The minimum Gasteiger partial charge on any atom is -0.319 e. The second kappa shape index (κ2) is 3.67. The van der Waals surface area contributed by atoms with Crippen LogP contribution in [0.1, 0.15) is 13.8 Å². The van der Waals surface area contributed by atoms with Gasteiger partial charge in [0.1, 0.15) is 0 Å². The second-order valence-electron chi connectivity index (χ2n) is 2.83. The van der Waals surface area contributed by atoms with Crippen molar-refractivity contribution in [2.24, 2.45) is 5.41 Å². The number of alkyl halides is 1. The Bertz CT molecular complexity index is 61.5. The minimum absolute atomic E-state index is 0.468. The Balaban J connectivity index is 3.37. The largest absolute Gasteiger partial charge is 0.319 e. The minimum atomic E-state index is 0.468. The zero-order valence-corrected chi connectivity index (χ0v) is 7.95. The molecular formula is C6H14IN. The summed E-state index contributed by atoms with van der Waals surface area (Å²) in [7, 11) is 1.99. The zero-order valence-electron chi connectivity index (χ0n) is 5.79. The van der Waals surface area contributed by atoms with Crippen LogP contribution in [0.4, 0.5) is 0 Å². The second-order valence-corrected chi connectivity index (χ2v) is 3.59. The lowest BCUT2D eigenvalue weighted by molar-refractivity contribution is 0.411. The molecule has 0 unspecified atom stereocenters. The van der Waals surface area contributed by atoms with Gasteiger partial charge in [0.15, 0.2) is 0 Å². The Morgan fingerprint density at radius 3 is 2.12 bits per heavy atom. The standard InChI is InChI=1S/C6H14IN/c1-6(2,4-7)5-8-3/h8H,4-5H2,1-3H3. The Morgan fingerprint density at radius 2 is 2.00 bits per heavy atom. The first-order chi connectivity index (χ1) is 3.62. The molecule has 0 spiro atoms. The van der Waals surface area contributed by atoms with Crippen LogP contribution in [0.2, 0.25) is 0 Å². The fourth-order valence-corrected chi connectivity index (χ4v) is 0.795. The Hall–Kier alpha value is 0.690. The van der Waals surface area contributed by atoms with E-state index in [0.717, 1.165) is 6.54 Å². The van der Waals surface area contributed by atoms with E-state index in [1.165, 1.54) is 4.43 Å². The molecule has 0 bridgehead atoms. The van der Waals surface area contributed by atoms with E-state index in [1.807, 2.05) is 7.05 Å². The summed E-state index contributed by atoms with van der Waals surface area (Å²) in [6, 6.07) is 0. The van der Waals surface area contributed by atoms with Crippen molar-refractivity contribution in [2.75, 3.05) is 18.0 Å². The molecule has 0 aliphatic rings. The number of halogens is 1. The highest BCUT2D eigenvalue weighted by Gasteiger charge is 2.13. The highest BCUT2D eigenvalue weighted by Crippen LogP contribution is 2.15. The van der Waals surface area contributed by atoms with E-state index in [9.17, 15) is 0 Å². The van der Waals surface area contributed by atoms with Gasteiger partial charge in [-0.2, -0.15) is 0 Å². The predicted octanol–water partition coefficient (Wildman–Crippen LogP) is 1.67.